The molecule has 3 rings (SSSR count). The summed E-state index contributed by atoms with van der Waals surface area (Å²) < 4.78 is 2.12. The van der Waals surface area contributed by atoms with Crippen molar-refractivity contribution in [3.63, 3.8) is 0 Å². The predicted octanol–water partition coefficient (Wildman–Crippen LogP) is 1.63. The van der Waals surface area contributed by atoms with Crippen molar-refractivity contribution in [1.82, 2.24) is 19.7 Å². The number of nitrogens with two attached hydrogens (primary N) is 1. The molecular formula is C13H19N5S. The molecule has 2 unspecified atom stereocenters. The lowest BCUT2D eigenvalue weighted by Crippen LogP contribution is -2.44. The summed E-state index contributed by atoms with van der Waals surface area (Å²) in [5.74, 6) is 1.04. The third-order valence-corrected chi connectivity index (χ3v) is 4.52. The van der Waals surface area contributed by atoms with Crippen LogP contribution in [-0.4, -0.2) is 32.3 Å². The Kier molecular flexibility index (Phi) is 3.63. The Hall–Kier alpha value is -1.24. The molecule has 5 nitrogen and oxygen atoms in total. The summed E-state index contributed by atoms with van der Waals surface area (Å²) >= 11 is 1.73. The number of thiophene rings is 1. The summed E-state index contributed by atoms with van der Waals surface area (Å²) in [4.78, 5) is 2.43. The van der Waals surface area contributed by atoms with Gasteiger partial charge in [-0.05, 0) is 28.8 Å². The minimum absolute atomic E-state index is 0.157. The lowest BCUT2D eigenvalue weighted by Gasteiger charge is -2.37. The van der Waals surface area contributed by atoms with E-state index in [1.54, 1.807) is 11.3 Å². The summed E-state index contributed by atoms with van der Waals surface area (Å²) in [5, 5.41) is 12.5. The maximum Gasteiger partial charge on any atom is 0.147 e. The largest absolute Gasteiger partial charge is 0.326 e. The Morgan fingerprint density at radius 2 is 2.37 bits per heavy atom. The number of hydrogen-bond acceptors (Lipinski definition) is 5. The SMILES string of the molecule is CCC(N)C(c1ccsc1)N1CCn2cnnc2C1. The van der Waals surface area contributed by atoms with Crippen molar-refractivity contribution in [3.05, 3.63) is 34.5 Å². The highest BCUT2D eigenvalue weighted by Crippen LogP contribution is 2.29. The normalized spacial score (nSPS) is 19.1. The van der Waals surface area contributed by atoms with Crippen molar-refractivity contribution in [2.24, 2.45) is 5.73 Å². The fraction of sp³-hybridized carbons (Fsp3) is 0.538. The number of hydrogen-bond donors (Lipinski definition) is 1. The molecule has 0 saturated carbocycles. The van der Waals surface area contributed by atoms with Crippen LogP contribution < -0.4 is 5.73 Å². The Bertz CT molecular complexity index is 521. The summed E-state index contributed by atoms with van der Waals surface area (Å²) in [6, 6.07) is 2.62. The van der Waals surface area contributed by atoms with Gasteiger partial charge in [-0.25, -0.2) is 0 Å². The molecule has 2 aromatic rings. The van der Waals surface area contributed by atoms with Crippen LogP contribution in [0.3, 0.4) is 0 Å². The fourth-order valence-electron chi connectivity index (χ4n) is 2.72. The van der Waals surface area contributed by atoms with E-state index >= 15 is 0 Å². The number of aromatic nitrogens is 3. The van der Waals surface area contributed by atoms with Crippen molar-refractivity contribution < 1.29 is 0 Å². The molecule has 19 heavy (non-hydrogen) atoms. The van der Waals surface area contributed by atoms with Crippen LogP contribution >= 0.6 is 11.3 Å². The molecule has 1 aliphatic heterocycles. The Morgan fingerprint density at radius 1 is 1.47 bits per heavy atom. The lowest BCUT2D eigenvalue weighted by molar-refractivity contribution is 0.130. The smallest absolute Gasteiger partial charge is 0.147 e. The monoisotopic (exact) mass is 277 g/mol. The van der Waals surface area contributed by atoms with Gasteiger partial charge >= 0.3 is 0 Å². The zero-order chi connectivity index (χ0) is 13.2. The first kappa shape index (κ1) is 12.8. The van der Waals surface area contributed by atoms with Crippen molar-refractivity contribution in [1.29, 1.82) is 0 Å². The van der Waals surface area contributed by atoms with Crippen molar-refractivity contribution in [2.45, 2.75) is 38.5 Å². The van der Waals surface area contributed by atoms with E-state index in [4.69, 9.17) is 5.73 Å². The summed E-state index contributed by atoms with van der Waals surface area (Å²) in [6.07, 6.45) is 2.79. The minimum Gasteiger partial charge on any atom is -0.326 e. The molecule has 0 aliphatic carbocycles. The van der Waals surface area contributed by atoms with Gasteiger partial charge in [-0.2, -0.15) is 11.3 Å². The molecule has 2 N–H and O–H groups in total. The average molecular weight is 277 g/mol. The van der Waals surface area contributed by atoms with Gasteiger partial charge in [0.25, 0.3) is 0 Å². The van der Waals surface area contributed by atoms with Crippen LogP contribution in [0.2, 0.25) is 0 Å². The fourth-order valence-corrected chi connectivity index (χ4v) is 3.41. The van der Waals surface area contributed by atoms with Gasteiger partial charge in [0, 0.05) is 19.1 Å². The first-order chi connectivity index (χ1) is 9.29. The van der Waals surface area contributed by atoms with Crippen molar-refractivity contribution >= 4 is 11.3 Å². The first-order valence-corrected chi connectivity index (χ1v) is 7.62. The average Bonchev–Trinajstić information content (AvgIpc) is 3.08. The molecule has 0 amide bonds. The second-order valence-corrected chi connectivity index (χ2v) is 5.76. The predicted molar refractivity (Wildman–Crippen MR) is 75.8 cm³/mol. The van der Waals surface area contributed by atoms with Gasteiger partial charge in [-0.15, -0.1) is 10.2 Å². The van der Waals surface area contributed by atoms with Gasteiger partial charge in [-0.1, -0.05) is 6.92 Å². The molecule has 2 atom stereocenters. The van der Waals surface area contributed by atoms with Gasteiger partial charge in [0.1, 0.15) is 12.2 Å². The van der Waals surface area contributed by atoms with Crippen LogP contribution in [0, 0.1) is 0 Å². The topological polar surface area (TPSA) is 60.0 Å². The highest BCUT2D eigenvalue weighted by molar-refractivity contribution is 7.07. The second kappa shape index (κ2) is 5.40. The van der Waals surface area contributed by atoms with E-state index < -0.39 is 0 Å². The lowest BCUT2D eigenvalue weighted by atomic mass is 9.98. The molecule has 2 aromatic heterocycles. The van der Waals surface area contributed by atoms with E-state index in [2.05, 4.69) is 43.4 Å². The van der Waals surface area contributed by atoms with Gasteiger partial charge in [0.2, 0.25) is 0 Å². The summed E-state index contributed by atoms with van der Waals surface area (Å²) in [7, 11) is 0. The van der Waals surface area contributed by atoms with E-state index in [0.717, 1.165) is 31.9 Å². The number of rotatable bonds is 4. The van der Waals surface area contributed by atoms with E-state index in [1.165, 1.54) is 5.56 Å². The molecule has 1 aliphatic rings. The van der Waals surface area contributed by atoms with Crippen LogP contribution in [0.25, 0.3) is 0 Å². The zero-order valence-corrected chi connectivity index (χ0v) is 11.9. The van der Waals surface area contributed by atoms with E-state index in [0.29, 0.717) is 0 Å². The first-order valence-electron chi connectivity index (χ1n) is 6.68. The molecule has 0 bridgehead atoms. The molecule has 0 aromatic carbocycles. The third-order valence-electron chi connectivity index (χ3n) is 3.82. The molecule has 0 saturated heterocycles. The van der Waals surface area contributed by atoms with E-state index in [1.807, 2.05) is 6.33 Å². The van der Waals surface area contributed by atoms with Crippen LogP contribution in [0.4, 0.5) is 0 Å². The summed E-state index contributed by atoms with van der Waals surface area (Å²) in [5.41, 5.74) is 7.68. The molecular weight excluding hydrogens is 258 g/mol. The van der Waals surface area contributed by atoms with Crippen molar-refractivity contribution in [3.8, 4) is 0 Å². The quantitative estimate of drug-likeness (QED) is 0.923. The van der Waals surface area contributed by atoms with Crippen LogP contribution in [0.5, 0.6) is 0 Å². The van der Waals surface area contributed by atoms with Gasteiger partial charge < -0.3 is 10.3 Å². The van der Waals surface area contributed by atoms with Crippen molar-refractivity contribution in [2.75, 3.05) is 6.54 Å². The van der Waals surface area contributed by atoms with Gasteiger partial charge in [0.05, 0.1) is 12.6 Å². The standard InChI is InChI=1S/C13H19N5S/c1-2-11(14)13(10-3-6-19-8-10)17-4-5-18-9-15-16-12(18)7-17/h3,6,8-9,11,13H,2,4-5,7,14H2,1H3. The number of nitrogens with zero attached hydrogens (tertiary/aromatic N) is 4. The zero-order valence-electron chi connectivity index (χ0n) is 11.1. The molecule has 102 valence electrons. The van der Waals surface area contributed by atoms with Crippen LogP contribution in [-0.2, 0) is 13.1 Å². The number of fused-ring (bicyclic) bond motifs is 1. The van der Waals surface area contributed by atoms with Gasteiger partial charge in [-0.3, -0.25) is 4.90 Å². The molecule has 0 fully saturated rings. The Balaban J connectivity index is 1.85. The van der Waals surface area contributed by atoms with Gasteiger partial charge in [0.15, 0.2) is 0 Å². The minimum atomic E-state index is 0.157. The molecule has 6 heteroatoms. The molecule has 3 heterocycles. The van der Waals surface area contributed by atoms with E-state index in [9.17, 15) is 0 Å². The Morgan fingerprint density at radius 3 is 3.11 bits per heavy atom. The van der Waals surface area contributed by atoms with Crippen LogP contribution in [0.15, 0.2) is 23.2 Å². The summed E-state index contributed by atoms with van der Waals surface area (Å²) in [6.45, 7) is 4.92. The highest BCUT2D eigenvalue weighted by Gasteiger charge is 2.29. The highest BCUT2D eigenvalue weighted by atomic mass is 32.1. The third kappa shape index (κ3) is 2.43. The maximum absolute atomic E-state index is 6.35. The molecule has 0 spiro atoms. The van der Waals surface area contributed by atoms with Crippen LogP contribution in [0.1, 0.15) is 30.8 Å². The Labute approximate surface area is 117 Å². The van der Waals surface area contributed by atoms with E-state index in [-0.39, 0.29) is 12.1 Å². The molecule has 0 radical (unpaired) electrons. The maximum atomic E-state index is 6.35. The second-order valence-electron chi connectivity index (χ2n) is 4.98.